The van der Waals surface area contributed by atoms with Crippen LogP contribution in [0.2, 0.25) is 0 Å². The first-order valence-electron chi connectivity index (χ1n) is 13.9. The van der Waals surface area contributed by atoms with Crippen LogP contribution in [0, 0.1) is 52.5 Å². The number of rotatable bonds is 12. The van der Waals surface area contributed by atoms with Crippen LogP contribution in [0.5, 0.6) is 23.0 Å². The number of hydrogen-bond donors (Lipinski definition) is 4. The Morgan fingerprint density at radius 3 is 1.47 bits per heavy atom. The van der Waals surface area contributed by atoms with Crippen molar-refractivity contribution in [2.45, 2.75) is 27.7 Å². The number of halogens is 1. The fourth-order valence-corrected chi connectivity index (χ4v) is 3.84. The predicted octanol–water partition coefficient (Wildman–Crippen LogP) is 2.89. The summed E-state index contributed by atoms with van der Waals surface area (Å²) in [5.74, 6) is 1.56. The first-order valence-corrected chi connectivity index (χ1v) is 14.4. The van der Waals surface area contributed by atoms with Gasteiger partial charge in [-0.3, -0.25) is 10.1 Å². The van der Waals surface area contributed by atoms with Gasteiger partial charge in [0, 0.05) is 54.5 Å². The second kappa shape index (κ2) is 23.7. The zero-order valence-electron chi connectivity index (χ0n) is 27.1. The summed E-state index contributed by atoms with van der Waals surface area (Å²) in [6, 6.07) is 20.0. The van der Waals surface area contributed by atoms with Crippen LogP contribution in [-0.2, 0) is 0 Å². The minimum absolute atomic E-state index is 0. The van der Waals surface area contributed by atoms with Crippen LogP contribution in [0.3, 0.4) is 0 Å². The summed E-state index contributed by atoms with van der Waals surface area (Å²) in [5.41, 5.74) is 4.65. The summed E-state index contributed by atoms with van der Waals surface area (Å²) in [4.78, 5) is 41.9. The van der Waals surface area contributed by atoms with Gasteiger partial charge in [-0.05, 0) is 74.2 Å². The van der Waals surface area contributed by atoms with Crippen molar-refractivity contribution >= 4 is 34.4 Å². The first kappa shape index (κ1) is 45.6. The maximum atomic E-state index is 11.0. The van der Waals surface area contributed by atoms with Gasteiger partial charge in [0.05, 0.1) is 10.8 Å². The number of hydrogen-bond acceptors (Lipinski definition) is 12. The number of nitro groups is 1. The molecule has 0 saturated heterocycles. The fraction of sp³-hybridized carbons (Fsp3) is 0.250. The zero-order valence-corrected chi connectivity index (χ0v) is 27.9. The van der Waals surface area contributed by atoms with Gasteiger partial charge in [-0.25, -0.2) is 0 Å². The van der Waals surface area contributed by atoms with Gasteiger partial charge in [-0.15, -0.1) is 11.6 Å². The molecule has 0 aliphatic carbocycles. The highest BCUT2D eigenvalue weighted by molar-refractivity contribution is 6.18. The topological polar surface area (TPSA) is 274 Å². The number of ether oxygens (including phenoxy) is 3. The van der Waals surface area contributed by atoms with Gasteiger partial charge in [-0.2, -0.15) is 0 Å². The standard InChI is InChI=1S/C16H16N2O5.C9H10ClNO2.C7H7NO2.3H2O/c1-11-4-6-15(13(9-11)17-19)22-7-8-23-16-10-12(2)3-5-14(16)18(20)21;1-7-2-3-9(13-5-4-10)8(6-7)11-12;1-5-2-3-6(8-10)7(9)4-5;;;/h3-6,9-10H,7-8H2,1-2H3;2-3,6H,4-5H2,1H3;2-4,9H,1H3;3*1H2. The van der Waals surface area contributed by atoms with Crippen molar-refractivity contribution in [1.82, 2.24) is 0 Å². The molecule has 0 aromatic heterocycles. The molecule has 0 fully saturated rings. The van der Waals surface area contributed by atoms with E-state index in [0.29, 0.717) is 35.4 Å². The van der Waals surface area contributed by atoms with E-state index in [4.69, 9.17) is 30.9 Å². The number of nitro benzene ring substituents is 1. The molecule has 17 heteroatoms. The molecule has 0 heterocycles. The number of phenols is 1. The fourth-order valence-electron chi connectivity index (χ4n) is 3.77. The summed E-state index contributed by atoms with van der Waals surface area (Å²) in [6.45, 7) is 8.12. The number of nitrogens with one attached hydrogen (secondary N) is 3. The first-order chi connectivity index (χ1) is 22.0. The van der Waals surface area contributed by atoms with E-state index in [-0.39, 0.29) is 52.5 Å². The number of benzene rings is 4. The average Bonchev–Trinajstić information content (AvgIpc) is 3.03. The molecule has 0 radical (unpaired) electrons. The summed E-state index contributed by atoms with van der Waals surface area (Å²) in [6.07, 6.45) is 0. The molecular weight excluding hydrogens is 668 g/mol. The van der Waals surface area contributed by atoms with E-state index in [1.165, 1.54) is 18.2 Å². The van der Waals surface area contributed by atoms with Gasteiger partial charge in [0.1, 0.15) is 19.8 Å². The molecule has 4 rings (SSSR count). The van der Waals surface area contributed by atoms with Crippen LogP contribution < -0.4 is 29.7 Å². The molecule has 7 N–H and O–H groups in total. The molecule has 0 amide bonds. The highest BCUT2D eigenvalue weighted by Gasteiger charge is 2.15. The Kier molecular flexibility index (Phi) is 22.1. The van der Waals surface area contributed by atoms with E-state index in [2.05, 4.69) is 0 Å². The van der Waals surface area contributed by atoms with E-state index >= 15 is 0 Å². The number of aromatic hydroxyl groups is 1. The molecular formula is C32H39ClN4O12. The molecule has 49 heavy (non-hydrogen) atoms. The van der Waals surface area contributed by atoms with Crippen LogP contribution >= 0.6 is 11.6 Å². The van der Waals surface area contributed by atoms with Crippen molar-refractivity contribution in [3.05, 3.63) is 120 Å². The summed E-state index contributed by atoms with van der Waals surface area (Å²) in [7, 11) is 0. The lowest BCUT2D eigenvalue weighted by atomic mass is 10.2. The van der Waals surface area contributed by atoms with E-state index in [9.17, 15) is 24.8 Å². The summed E-state index contributed by atoms with van der Waals surface area (Å²) in [5, 5.41) is 25.3. The maximum absolute atomic E-state index is 11.0. The zero-order chi connectivity index (χ0) is 34.1. The Balaban J connectivity index is 0. The molecule has 0 unspecified atom stereocenters. The second-order valence-electron chi connectivity index (χ2n) is 9.79. The molecule has 0 aliphatic heterocycles. The molecule has 0 aliphatic rings. The predicted molar refractivity (Wildman–Crippen MR) is 178 cm³/mol. The minimum Gasteiger partial charge on any atom is -0.870 e. The van der Waals surface area contributed by atoms with Gasteiger partial charge >= 0.3 is 5.69 Å². The number of phenolic OH excluding ortho intramolecular Hbond substituents is 1. The van der Waals surface area contributed by atoms with Crippen LogP contribution in [-0.4, -0.2) is 52.2 Å². The molecule has 4 aromatic carbocycles. The van der Waals surface area contributed by atoms with Crippen molar-refractivity contribution in [1.29, 1.82) is 0 Å². The van der Waals surface area contributed by atoms with E-state index in [1.807, 2.05) is 50.2 Å². The van der Waals surface area contributed by atoms with E-state index < -0.39 is 4.92 Å². The highest BCUT2D eigenvalue weighted by Crippen LogP contribution is 2.28. The second-order valence-corrected chi connectivity index (χ2v) is 10.2. The third-order valence-corrected chi connectivity index (χ3v) is 6.15. The van der Waals surface area contributed by atoms with Gasteiger partial charge in [0.15, 0.2) is 23.0 Å². The Morgan fingerprint density at radius 2 is 1.02 bits per heavy atom. The molecule has 0 saturated carbocycles. The van der Waals surface area contributed by atoms with Crippen LogP contribution in [0.4, 0.5) is 22.7 Å². The Hall–Kier alpha value is -5.55. The molecule has 0 atom stereocenters. The normalized spacial score (nSPS) is 9.24. The van der Waals surface area contributed by atoms with Crippen molar-refractivity contribution in [2.24, 2.45) is 0 Å². The van der Waals surface area contributed by atoms with Crippen molar-refractivity contribution in [2.75, 3.05) is 25.7 Å². The third kappa shape index (κ3) is 15.3. The largest absolute Gasteiger partial charge is 0.870 e. The maximum Gasteiger partial charge on any atom is 0.310 e. The molecule has 266 valence electrons. The van der Waals surface area contributed by atoms with Crippen molar-refractivity contribution in [3.63, 3.8) is 0 Å². The average molecular weight is 707 g/mol. The molecule has 0 spiro atoms. The Bertz CT molecular complexity index is 1660. The number of aryl methyl sites for hydroxylation is 4. The van der Waals surface area contributed by atoms with Crippen molar-refractivity contribution in [3.8, 4) is 23.0 Å². The Labute approximate surface area is 286 Å². The Morgan fingerprint density at radius 1 is 0.612 bits per heavy atom. The third-order valence-electron chi connectivity index (χ3n) is 6.00. The monoisotopic (exact) mass is 706 g/mol. The summed E-state index contributed by atoms with van der Waals surface area (Å²) >= 11 is 5.45. The molecule has 4 aromatic rings. The van der Waals surface area contributed by atoms with E-state index in [1.54, 1.807) is 47.6 Å². The SMILES string of the molecule is Cc1ccc(OCCCl)c([NH+]=O)c1.Cc1ccc(OCCOc2cc(C)ccc2[N+](=O)[O-])c([NH+]=O)c1.Cc1ccc([NH+]=O)c(O)c1.[OH-].[OH-].[OH-]. The van der Waals surface area contributed by atoms with Crippen LogP contribution in [0.25, 0.3) is 0 Å². The lowest BCUT2D eigenvalue weighted by molar-refractivity contribution is -0.386. The number of nitroso groups, excluding NO2 is 3. The van der Waals surface area contributed by atoms with E-state index in [0.717, 1.165) is 22.3 Å². The number of alkyl halides is 1. The molecule has 16 nitrogen and oxygen atoms in total. The lowest BCUT2D eigenvalue weighted by Gasteiger charge is -2.09. The van der Waals surface area contributed by atoms with Gasteiger partial charge in [0.25, 0.3) is 17.1 Å². The lowest BCUT2D eigenvalue weighted by Crippen LogP contribution is -2.56. The molecule has 0 bridgehead atoms. The highest BCUT2D eigenvalue weighted by atomic mass is 35.5. The minimum atomic E-state index is -0.491. The van der Waals surface area contributed by atoms with Crippen molar-refractivity contribution < 1.29 is 56.2 Å². The quantitative estimate of drug-likeness (QED) is 0.0544. The van der Waals surface area contributed by atoms with Gasteiger partial charge in [0.2, 0.25) is 0 Å². The smallest absolute Gasteiger partial charge is 0.310 e. The van der Waals surface area contributed by atoms with Crippen LogP contribution in [0.15, 0.2) is 72.8 Å². The van der Waals surface area contributed by atoms with Gasteiger partial charge < -0.3 is 35.7 Å². The summed E-state index contributed by atoms with van der Waals surface area (Å²) < 4.78 is 16.1. The van der Waals surface area contributed by atoms with Crippen LogP contribution in [0.1, 0.15) is 22.3 Å². The van der Waals surface area contributed by atoms with Gasteiger partial charge in [-0.1, -0.05) is 24.3 Å². The number of nitrogens with zero attached hydrogens (tertiary/aromatic N) is 1.